The molecule has 0 fully saturated rings. The summed E-state index contributed by atoms with van der Waals surface area (Å²) in [6, 6.07) is 9.30. The minimum Gasteiger partial charge on any atom is -0.321 e. The smallest absolute Gasteiger partial charge is 0.321 e. The second-order valence-corrected chi connectivity index (χ2v) is 6.23. The fraction of sp³-hybridized carbons (Fsp3) is 0. The van der Waals surface area contributed by atoms with Gasteiger partial charge in [0, 0.05) is 15.6 Å². The van der Waals surface area contributed by atoms with Crippen LogP contribution in [0.4, 0.5) is 9.57 Å². The number of amides is 1. The molecule has 21 heavy (non-hydrogen) atoms. The van der Waals surface area contributed by atoms with Crippen LogP contribution in [0.25, 0.3) is 0 Å². The molecule has 0 saturated carbocycles. The van der Waals surface area contributed by atoms with Crippen molar-refractivity contribution in [3.05, 3.63) is 58.1 Å². The van der Waals surface area contributed by atoms with Gasteiger partial charge in [-0.15, -0.1) is 3.89 Å². The Hall–Kier alpha value is -1.63. The Morgan fingerprint density at radius 3 is 2.19 bits per heavy atom. The largest absolute Gasteiger partial charge is 0.334 e. The molecule has 0 aromatic heterocycles. The summed E-state index contributed by atoms with van der Waals surface area (Å²) < 4.78 is 35.2. The van der Waals surface area contributed by atoms with E-state index in [1.54, 1.807) is 0 Å². The lowest BCUT2D eigenvalue weighted by Gasteiger charge is -2.09. The minimum atomic E-state index is -4.94. The number of benzene rings is 2. The Bertz CT molecular complexity index is 789. The van der Waals surface area contributed by atoms with Crippen molar-refractivity contribution < 1.29 is 17.1 Å². The van der Waals surface area contributed by atoms with Crippen LogP contribution in [0.15, 0.2) is 47.4 Å². The van der Waals surface area contributed by atoms with E-state index in [0.717, 1.165) is 6.07 Å². The number of carbonyl (C=O) groups excluding carboxylic acids is 1. The van der Waals surface area contributed by atoms with E-state index < -0.39 is 21.0 Å². The van der Waals surface area contributed by atoms with Gasteiger partial charge >= 0.3 is 10.2 Å². The molecule has 1 amide bonds. The molecule has 0 atom stereocenters. The van der Waals surface area contributed by atoms with E-state index in [9.17, 15) is 17.1 Å². The van der Waals surface area contributed by atoms with Gasteiger partial charge in [-0.25, -0.2) is 0 Å². The number of hydrogen-bond donors (Lipinski definition) is 1. The highest BCUT2D eigenvalue weighted by molar-refractivity contribution is 7.86. The summed E-state index contributed by atoms with van der Waals surface area (Å²) in [7, 11) is -4.94. The molecule has 1 N–H and O–H groups in total. The zero-order chi connectivity index (χ0) is 15.6. The fourth-order valence-electron chi connectivity index (χ4n) is 1.66. The number of rotatable bonds is 3. The molecule has 0 bridgehead atoms. The van der Waals surface area contributed by atoms with Crippen molar-refractivity contribution >= 4 is 45.0 Å². The van der Waals surface area contributed by atoms with Gasteiger partial charge in [0.25, 0.3) is 5.91 Å². The van der Waals surface area contributed by atoms with Crippen LogP contribution in [-0.2, 0) is 10.2 Å². The number of nitrogens with one attached hydrogen (secondary N) is 1. The average molecular weight is 348 g/mol. The van der Waals surface area contributed by atoms with Crippen molar-refractivity contribution in [2.45, 2.75) is 4.90 Å². The minimum absolute atomic E-state index is 0.124. The molecule has 0 aliphatic heterocycles. The standard InChI is InChI=1S/C13H8Cl2FNO3S/c14-9-5-8(6-10(15)7-9)13(18)17-11-3-1-2-4-12(11)21(16,19)20/h1-7H,(H,17,18). The third-order valence-electron chi connectivity index (χ3n) is 2.52. The first kappa shape index (κ1) is 15.8. The van der Waals surface area contributed by atoms with Crippen LogP contribution in [0, 0.1) is 0 Å². The topological polar surface area (TPSA) is 63.2 Å². The van der Waals surface area contributed by atoms with Gasteiger partial charge in [0.05, 0.1) is 5.69 Å². The van der Waals surface area contributed by atoms with Gasteiger partial charge in [-0.3, -0.25) is 4.79 Å². The first-order chi connectivity index (χ1) is 9.77. The summed E-state index contributed by atoms with van der Waals surface area (Å²) in [5.41, 5.74) is -0.0420. The van der Waals surface area contributed by atoms with E-state index in [2.05, 4.69) is 5.32 Å². The molecule has 0 saturated heterocycles. The predicted molar refractivity (Wildman–Crippen MR) is 79.2 cm³/mol. The molecule has 2 aromatic rings. The summed E-state index contributed by atoms with van der Waals surface area (Å²) in [6.07, 6.45) is 0. The lowest BCUT2D eigenvalue weighted by Crippen LogP contribution is -2.14. The van der Waals surface area contributed by atoms with Gasteiger partial charge in [-0.2, -0.15) is 8.42 Å². The maximum absolute atomic E-state index is 13.1. The summed E-state index contributed by atoms with van der Waals surface area (Å²) in [5, 5.41) is 2.81. The highest BCUT2D eigenvalue weighted by Gasteiger charge is 2.19. The Balaban J connectivity index is 2.37. The number of halogens is 3. The summed E-state index contributed by atoms with van der Waals surface area (Å²) in [5.74, 6) is -0.657. The van der Waals surface area contributed by atoms with Gasteiger partial charge in [-0.05, 0) is 30.3 Å². The number of hydrogen-bond acceptors (Lipinski definition) is 3. The highest BCUT2D eigenvalue weighted by Crippen LogP contribution is 2.24. The normalized spacial score (nSPS) is 11.2. The lowest BCUT2D eigenvalue weighted by molar-refractivity contribution is 0.102. The van der Waals surface area contributed by atoms with E-state index in [4.69, 9.17) is 23.2 Å². The van der Waals surface area contributed by atoms with Crippen molar-refractivity contribution in [2.75, 3.05) is 5.32 Å². The van der Waals surface area contributed by atoms with Crippen LogP contribution in [0.2, 0.25) is 10.0 Å². The Labute approximate surface area is 130 Å². The Morgan fingerprint density at radius 1 is 1.05 bits per heavy atom. The van der Waals surface area contributed by atoms with Crippen LogP contribution in [0.3, 0.4) is 0 Å². The quantitative estimate of drug-likeness (QED) is 0.856. The van der Waals surface area contributed by atoms with E-state index in [1.807, 2.05) is 0 Å². The van der Waals surface area contributed by atoms with Gasteiger partial charge in [-0.1, -0.05) is 35.3 Å². The predicted octanol–water partition coefficient (Wildman–Crippen LogP) is 3.90. The van der Waals surface area contributed by atoms with E-state index in [1.165, 1.54) is 36.4 Å². The molecule has 8 heteroatoms. The molecule has 2 aromatic carbocycles. The van der Waals surface area contributed by atoms with Crippen LogP contribution >= 0.6 is 23.2 Å². The molecule has 2 rings (SSSR count). The van der Waals surface area contributed by atoms with Gasteiger partial charge in [0.1, 0.15) is 4.90 Å². The second-order valence-electron chi connectivity index (χ2n) is 4.05. The molecule has 0 heterocycles. The van der Waals surface area contributed by atoms with Crippen LogP contribution in [-0.4, -0.2) is 14.3 Å². The molecular weight excluding hydrogens is 340 g/mol. The fourth-order valence-corrected chi connectivity index (χ4v) is 2.81. The van der Waals surface area contributed by atoms with Crippen LogP contribution in [0.1, 0.15) is 10.4 Å². The first-order valence-corrected chi connectivity index (χ1v) is 7.72. The molecule has 0 spiro atoms. The van der Waals surface area contributed by atoms with Crippen molar-refractivity contribution in [3.8, 4) is 0 Å². The van der Waals surface area contributed by atoms with E-state index in [0.29, 0.717) is 0 Å². The molecule has 0 radical (unpaired) electrons. The maximum atomic E-state index is 13.1. The first-order valence-electron chi connectivity index (χ1n) is 5.58. The van der Waals surface area contributed by atoms with Crippen molar-refractivity contribution in [2.24, 2.45) is 0 Å². The van der Waals surface area contributed by atoms with Crippen molar-refractivity contribution in [1.82, 2.24) is 0 Å². The van der Waals surface area contributed by atoms with Gasteiger partial charge < -0.3 is 5.32 Å². The third kappa shape index (κ3) is 3.93. The zero-order valence-corrected chi connectivity index (χ0v) is 12.6. The average Bonchev–Trinajstić information content (AvgIpc) is 2.37. The van der Waals surface area contributed by atoms with Crippen LogP contribution in [0.5, 0.6) is 0 Å². The monoisotopic (exact) mass is 347 g/mol. The van der Waals surface area contributed by atoms with E-state index in [-0.39, 0.29) is 21.3 Å². The zero-order valence-electron chi connectivity index (χ0n) is 10.3. The Morgan fingerprint density at radius 2 is 1.62 bits per heavy atom. The molecular formula is C13H8Cl2FNO3S. The maximum Gasteiger partial charge on any atom is 0.334 e. The molecule has 0 aliphatic rings. The number of anilines is 1. The van der Waals surface area contributed by atoms with Crippen molar-refractivity contribution in [1.29, 1.82) is 0 Å². The van der Waals surface area contributed by atoms with Crippen LogP contribution < -0.4 is 5.32 Å². The molecule has 0 unspecified atom stereocenters. The molecule has 4 nitrogen and oxygen atoms in total. The highest BCUT2D eigenvalue weighted by atomic mass is 35.5. The summed E-state index contributed by atoms with van der Waals surface area (Å²) in [4.78, 5) is 11.4. The second kappa shape index (κ2) is 6.01. The summed E-state index contributed by atoms with van der Waals surface area (Å²) in [6.45, 7) is 0. The number of para-hydroxylation sites is 1. The van der Waals surface area contributed by atoms with Crippen molar-refractivity contribution in [3.63, 3.8) is 0 Å². The lowest BCUT2D eigenvalue weighted by atomic mass is 10.2. The number of carbonyl (C=O) groups is 1. The molecule has 110 valence electrons. The molecule has 0 aliphatic carbocycles. The van der Waals surface area contributed by atoms with Gasteiger partial charge in [0.15, 0.2) is 0 Å². The van der Waals surface area contributed by atoms with E-state index >= 15 is 0 Å². The van der Waals surface area contributed by atoms with Gasteiger partial charge in [0.2, 0.25) is 0 Å². The third-order valence-corrected chi connectivity index (χ3v) is 3.84. The summed E-state index contributed by atoms with van der Waals surface area (Å²) >= 11 is 11.6. The SMILES string of the molecule is O=C(Nc1ccccc1S(=O)(=O)F)c1cc(Cl)cc(Cl)c1. The Kier molecular flexibility index (Phi) is 4.51.